The lowest BCUT2D eigenvalue weighted by Gasteiger charge is -2.25. The minimum absolute atomic E-state index is 0.0467. The summed E-state index contributed by atoms with van der Waals surface area (Å²) < 4.78 is 0. The molecule has 0 aromatic heterocycles. The molecule has 0 aliphatic carbocycles. The van der Waals surface area contributed by atoms with E-state index in [1.165, 1.54) is 24.3 Å². The molecule has 0 saturated heterocycles. The Labute approximate surface area is 200 Å². The van der Waals surface area contributed by atoms with Crippen molar-refractivity contribution >= 4 is 29.6 Å². The maximum absolute atomic E-state index is 12.8. The zero-order valence-electron chi connectivity index (χ0n) is 19.0. The number of carboxylic acids is 1. The number of hydrogen-bond acceptors (Lipinski definition) is 9. The highest BCUT2D eigenvalue weighted by molar-refractivity contribution is 5.94. The third-order valence-corrected chi connectivity index (χ3v) is 4.91. The average Bonchev–Trinajstić information content (AvgIpc) is 2.79. The monoisotopic (exact) mass is 497 g/mol. The number of rotatable bonds is 14. The molecule has 0 fully saturated rings. The standard InChI is InChI=1S/C21H31N5O9/c1-10(28)17(21(34)35)26-19(32)14(8-11-2-4-12(29)5-3-11)24-20(33)15(9-27)25-18(31)13(22)6-7-16(23)30/h2-5,10,13-15,17,27-29H,6-9,22H2,1H3,(H2,23,30)(H,24,33)(H,25,31)(H,26,32)(H,34,35). The van der Waals surface area contributed by atoms with Gasteiger partial charge in [0.1, 0.15) is 17.8 Å². The van der Waals surface area contributed by atoms with E-state index < -0.39 is 66.5 Å². The molecule has 35 heavy (non-hydrogen) atoms. The van der Waals surface area contributed by atoms with Gasteiger partial charge < -0.3 is 47.8 Å². The van der Waals surface area contributed by atoms with Crippen LogP contribution < -0.4 is 27.4 Å². The number of primary amides is 1. The molecule has 194 valence electrons. The summed E-state index contributed by atoms with van der Waals surface area (Å²) in [5, 5.41) is 44.5. The number of amides is 4. The van der Waals surface area contributed by atoms with Crippen LogP contribution in [0.4, 0.5) is 0 Å². The normalized spacial score (nSPS) is 15.1. The van der Waals surface area contributed by atoms with Crippen molar-refractivity contribution < 1.29 is 44.4 Å². The van der Waals surface area contributed by atoms with Crippen molar-refractivity contribution in [3.8, 4) is 5.75 Å². The van der Waals surface area contributed by atoms with Crippen LogP contribution >= 0.6 is 0 Å². The van der Waals surface area contributed by atoms with Gasteiger partial charge in [-0.05, 0) is 31.0 Å². The smallest absolute Gasteiger partial charge is 0.328 e. The molecule has 0 radical (unpaired) electrons. The summed E-state index contributed by atoms with van der Waals surface area (Å²) in [5.41, 5.74) is 11.1. The van der Waals surface area contributed by atoms with E-state index in [1.807, 2.05) is 0 Å². The molecule has 11 N–H and O–H groups in total. The van der Waals surface area contributed by atoms with Crippen LogP contribution in [0, 0.1) is 0 Å². The summed E-state index contributed by atoms with van der Waals surface area (Å²) in [4.78, 5) is 59.9. The Balaban J connectivity index is 3.01. The molecular weight excluding hydrogens is 466 g/mol. The van der Waals surface area contributed by atoms with E-state index in [1.54, 1.807) is 0 Å². The van der Waals surface area contributed by atoms with E-state index in [9.17, 15) is 44.4 Å². The first-order chi connectivity index (χ1) is 16.3. The summed E-state index contributed by atoms with van der Waals surface area (Å²) in [6.07, 6.45) is -1.88. The lowest BCUT2D eigenvalue weighted by Crippen LogP contribution is -2.59. The molecule has 14 nitrogen and oxygen atoms in total. The molecule has 4 amide bonds. The Kier molecular flexibility index (Phi) is 11.6. The van der Waals surface area contributed by atoms with E-state index in [0.717, 1.165) is 6.92 Å². The number of phenols is 1. The number of nitrogens with one attached hydrogen (secondary N) is 3. The molecule has 5 unspecified atom stereocenters. The van der Waals surface area contributed by atoms with E-state index in [4.69, 9.17) is 11.5 Å². The van der Waals surface area contributed by atoms with Crippen molar-refractivity contribution in [2.45, 2.75) is 56.5 Å². The zero-order chi connectivity index (χ0) is 26.7. The van der Waals surface area contributed by atoms with Crippen LogP contribution in [0.3, 0.4) is 0 Å². The average molecular weight is 498 g/mol. The predicted octanol–water partition coefficient (Wildman–Crippen LogP) is -3.56. The fourth-order valence-corrected chi connectivity index (χ4v) is 2.89. The molecule has 14 heteroatoms. The van der Waals surface area contributed by atoms with Gasteiger partial charge >= 0.3 is 5.97 Å². The van der Waals surface area contributed by atoms with Gasteiger partial charge in [-0.25, -0.2) is 4.79 Å². The number of aliphatic carboxylic acids is 1. The number of nitrogens with two attached hydrogens (primary N) is 2. The van der Waals surface area contributed by atoms with Crippen LogP contribution in [0.1, 0.15) is 25.3 Å². The summed E-state index contributed by atoms with van der Waals surface area (Å²) in [6.45, 7) is 0.296. The molecule has 0 saturated carbocycles. The van der Waals surface area contributed by atoms with Gasteiger partial charge in [0.15, 0.2) is 6.04 Å². The number of aliphatic hydroxyl groups excluding tert-OH is 2. The van der Waals surface area contributed by atoms with Crippen molar-refractivity contribution in [2.24, 2.45) is 11.5 Å². The lowest BCUT2D eigenvalue weighted by atomic mass is 10.0. The molecule has 1 aromatic rings. The second-order valence-electron chi connectivity index (χ2n) is 7.85. The van der Waals surface area contributed by atoms with Crippen LogP contribution in [-0.2, 0) is 30.4 Å². The van der Waals surface area contributed by atoms with Crippen molar-refractivity contribution in [1.82, 2.24) is 16.0 Å². The van der Waals surface area contributed by atoms with Gasteiger partial charge in [0, 0.05) is 12.8 Å². The second kappa shape index (κ2) is 13.8. The summed E-state index contributed by atoms with van der Waals surface area (Å²) >= 11 is 0. The third kappa shape index (κ3) is 9.95. The van der Waals surface area contributed by atoms with Gasteiger partial charge in [0.25, 0.3) is 0 Å². The Hall–Kier alpha value is -3.75. The van der Waals surface area contributed by atoms with Crippen molar-refractivity contribution in [3.05, 3.63) is 29.8 Å². The van der Waals surface area contributed by atoms with Crippen LogP contribution in [0.5, 0.6) is 5.75 Å². The fourth-order valence-electron chi connectivity index (χ4n) is 2.89. The van der Waals surface area contributed by atoms with Crippen LogP contribution in [0.25, 0.3) is 0 Å². The van der Waals surface area contributed by atoms with Gasteiger partial charge in [-0.15, -0.1) is 0 Å². The molecule has 0 bridgehead atoms. The molecule has 0 aliphatic heterocycles. The SMILES string of the molecule is CC(O)C(NC(=O)C(Cc1ccc(O)cc1)NC(=O)C(CO)NC(=O)C(N)CCC(N)=O)C(=O)O. The zero-order valence-corrected chi connectivity index (χ0v) is 19.0. The Morgan fingerprint density at radius 1 is 0.943 bits per heavy atom. The third-order valence-electron chi connectivity index (χ3n) is 4.91. The molecule has 0 spiro atoms. The van der Waals surface area contributed by atoms with Gasteiger partial charge in [0.05, 0.1) is 18.8 Å². The summed E-state index contributed by atoms with van der Waals surface area (Å²) in [5.74, 6) is -5.01. The van der Waals surface area contributed by atoms with E-state index in [2.05, 4.69) is 16.0 Å². The number of carbonyl (C=O) groups excluding carboxylic acids is 4. The topological polar surface area (TPSA) is 254 Å². The highest BCUT2D eigenvalue weighted by atomic mass is 16.4. The predicted molar refractivity (Wildman–Crippen MR) is 120 cm³/mol. The highest BCUT2D eigenvalue weighted by Gasteiger charge is 2.32. The summed E-state index contributed by atoms with van der Waals surface area (Å²) in [6, 6.07) is -0.159. The van der Waals surface area contributed by atoms with Gasteiger partial charge in [-0.1, -0.05) is 12.1 Å². The number of carbonyl (C=O) groups is 5. The number of phenolic OH excluding ortho intramolecular Hbond substituents is 1. The molecule has 0 heterocycles. The van der Waals surface area contributed by atoms with Crippen molar-refractivity contribution in [2.75, 3.05) is 6.61 Å². The molecule has 1 aromatic carbocycles. The Morgan fingerprint density at radius 2 is 1.49 bits per heavy atom. The largest absolute Gasteiger partial charge is 0.508 e. The number of carboxylic acid groups (broad SMARTS) is 1. The minimum atomic E-state index is -1.67. The van der Waals surface area contributed by atoms with E-state index >= 15 is 0 Å². The van der Waals surface area contributed by atoms with Crippen LogP contribution in [0.2, 0.25) is 0 Å². The number of benzene rings is 1. The maximum atomic E-state index is 12.8. The Morgan fingerprint density at radius 3 is 1.97 bits per heavy atom. The number of aromatic hydroxyl groups is 1. The van der Waals surface area contributed by atoms with Crippen LogP contribution in [-0.4, -0.2) is 86.9 Å². The molecule has 0 aliphatic rings. The number of hydrogen-bond donors (Lipinski definition) is 9. The first kappa shape index (κ1) is 29.3. The second-order valence-corrected chi connectivity index (χ2v) is 7.85. The molecular formula is C21H31N5O9. The van der Waals surface area contributed by atoms with E-state index in [0.29, 0.717) is 5.56 Å². The van der Waals surface area contributed by atoms with Gasteiger partial charge in [-0.3, -0.25) is 19.2 Å². The quantitative estimate of drug-likeness (QED) is 0.122. The highest BCUT2D eigenvalue weighted by Crippen LogP contribution is 2.12. The lowest BCUT2D eigenvalue weighted by molar-refractivity contribution is -0.145. The Bertz CT molecular complexity index is 907. The van der Waals surface area contributed by atoms with Crippen molar-refractivity contribution in [1.29, 1.82) is 0 Å². The molecule has 5 atom stereocenters. The minimum Gasteiger partial charge on any atom is -0.508 e. The first-order valence-electron chi connectivity index (χ1n) is 10.6. The van der Waals surface area contributed by atoms with Crippen molar-refractivity contribution in [3.63, 3.8) is 0 Å². The van der Waals surface area contributed by atoms with Gasteiger partial charge in [-0.2, -0.15) is 0 Å². The number of aliphatic hydroxyl groups is 2. The van der Waals surface area contributed by atoms with Gasteiger partial charge in [0.2, 0.25) is 23.6 Å². The first-order valence-corrected chi connectivity index (χ1v) is 10.6. The fraction of sp³-hybridized carbons (Fsp3) is 0.476. The molecule has 1 rings (SSSR count). The van der Waals surface area contributed by atoms with Crippen LogP contribution in [0.15, 0.2) is 24.3 Å². The van der Waals surface area contributed by atoms with E-state index in [-0.39, 0.29) is 25.0 Å². The maximum Gasteiger partial charge on any atom is 0.328 e. The summed E-state index contributed by atoms with van der Waals surface area (Å²) in [7, 11) is 0.